The average Bonchev–Trinajstić information content (AvgIpc) is 3.94. The Morgan fingerprint density at radius 1 is 0.850 bits per heavy atom. The number of rotatable bonds is 8. The minimum atomic E-state index is -4.66. The Kier molecular flexibility index (Phi) is 12.6. The quantitative estimate of drug-likeness (QED) is 0.129. The number of nitrogens with two attached hydrogens (primary N) is 1. The van der Waals surface area contributed by atoms with E-state index in [9.17, 15) is 23.5 Å². The molecule has 1 saturated carbocycles. The van der Waals surface area contributed by atoms with E-state index in [0.29, 0.717) is 22.8 Å². The van der Waals surface area contributed by atoms with Gasteiger partial charge < -0.3 is 34.0 Å². The number of anilines is 1. The first kappa shape index (κ1) is 44.5. The second-order valence-electron chi connectivity index (χ2n) is 16.1. The monoisotopic (exact) mass is 921 g/mol. The van der Waals surface area contributed by atoms with E-state index in [1.807, 2.05) is 0 Å². The highest BCUT2D eigenvalue weighted by molar-refractivity contribution is 8.55. The van der Waals surface area contributed by atoms with Crippen molar-refractivity contribution in [1.82, 2.24) is 39.0 Å². The Morgan fingerprint density at radius 2 is 1.43 bits per heavy atom. The molecule has 21 nitrogen and oxygen atoms in total. The van der Waals surface area contributed by atoms with Crippen LogP contribution in [0, 0.1) is 16.7 Å². The summed E-state index contributed by atoms with van der Waals surface area (Å²) in [4.78, 5) is 60.9. The fourth-order valence-corrected chi connectivity index (χ4v) is 12.2. The van der Waals surface area contributed by atoms with E-state index in [1.165, 1.54) is 21.8 Å². The molecule has 4 aromatic rings. The van der Waals surface area contributed by atoms with Crippen molar-refractivity contribution >= 4 is 76.4 Å². The largest absolute Gasteiger partial charge is 0.454 e. The van der Waals surface area contributed by atoms with Crippen molar-refractivity contribution in [1.29, 1.82) is 0 Å². The van der Waals surface area contributed by atoms with E-state index < -0.39 is 116 Å². The van der Waals surface area contributed by atoms with Gasteiger partial charge in [0.2, 0.25) is 0 Å². The number of hydrogen-bond acceptors (Lipinski definition) is 20. The van der Waals surface area contributed by atoms with Crippen LogP contribution in [-0.2, 0) is 51.0 Å². The highest BCUT2D eigenvalue weighted by Crippen LogP contribution is 2.67. The molecule has 4 aromatic heterocycles. The zero-order chi connectivity index (χ0) is 43.4. The summed E-state index contributed by atoms with van der Waals surface area (Å²) < 4.78 is 107. The molecule has 2 aliphatic heterocycles. The van der Waals surface area contributed by atoms with E-state index in [2.05, 4.69) is 29.9 Å². The van der Waals surface area contributed by atoms with Gasteiger partial charge in [-0.3, -0.25) is 32.5 Å². The van der Waals surface area contributed by atoms with Crippen molar-refractivity contribution in [3.63, 3.8) is 0 Å². The van der Waals surface area contributed by atoms with Crippen molar-refractivity contribution < 1.29 is 59.8 Å². The van der Waals surface area contributed by atoms with Crippen LogP contribution in [0.5, 0.6) is 0 Å². The summed E-state index contributed by atoms with van der Waals surface area (Å²) in [7, 11) is 0. The summed E-state index contributed by atoms with van der Waals surface area (Å²) in [6, 6.07) is -1.06. The summed E-state index contributed by atoms with van der Waals surface area (Å²) in [6.45, 7) is -1.05. The fraction of sp³-hybridized carbons (Fsp3) is 0.636. The molecule has 3 aliphatic rings. The van der Waals surface area contributed by atoms with Gasteiger partial charge in [0.25, 0.3) is 5.56 Å². The van der Waals surface area contributed by atoms with Crippen LogP contribution in [0.25, 0.3) is 22.3 Å². The topological polar surface area (TPSA) is 266 Å². The van der Waals surface area contributed by atoms with Gasteiger partial charge in [-0.05, 0) is 48.0 Å². The number of nitrogens with zero attached hydrogens (tertiary/aromatic N) is 7. The number of hydrogen-bond donors (Lipinski definition) is 2. The van der Waals surface area contributed by atoms with Crippen LogP contribution in [0.4, 0.5) is 14.6 Å². The molecular formula is C33H43F2N9O12P2S2. The molecule has 0 spiro atoms. The van der Waals surface area contributed by atoms with Crippen LogP contribution in [0.15, 0.2) is 30.1 Å². The predicted octanol–water partition coefficient (Wildman–Crippen LogP) is 5.27. The Labute approximate surface area is 348 Å². The summed E-state index contributed by atoms with van der Waals surface area (Å²) in [5.74, 6) is -3.60. The fourth-order valence-electron chi connectivity index (χ4n) is 6.52. The van der Waals surface area contributed by atoms with Crippen molar-refractivity contribution in [2.75, 3.05) is 30.8 Å². The van der Waals surface area contributed by atoms with Crippen molar-refractivity contribution in [2.24, 2.45) is 16.7 Å². The van der Waals surface area contributed by atoms with Crippen LogP contribution in [-0.4, -0.2) is 107 Å². The van der Waals surface area contributed by atoms with Crippen LogP contribution < -0.4 is 11.3 Å². The minimum Gasteiger partial charge on any atom is -0.454 e. The lowest BCUT2D eigenvalue weighted by atomic mass is 9.98. The molecule has 0 aromatic carbocycles. The van der Waals surface area contributed by atoms with E-state index in [1.54, 1.807) is 41.5 Å². The molecule has 2 bridgehead atoms. The third-order valence-electron chi connectivity index (χ3n) is 9.71. The maximum atomic E-state index is 16.9. The number of alkyl halides is 2. The number of fused-ring (bicyclic) bond motifs is 5. The molecule has 10 atom stereocenters. The summed E-state index contributed by atoms with van der Waals surface area (Å²) in [5, 5.41) is 0. The molecule has 0 amide bonds. The summed E-state index contributed by atoms with van der Waals surface area (Å²) in [5.41, 5.74) is 3.71. The standard InChI is InChI=1S/C33H43F2N9O12P2S2/c1-32(2,3)30(46)50-14-59-57(48)52-8-16-7-17(43-12-42-22-27(43)39-11-40-28(22)45)23(19(16)34)55-58(49,60-15-51-31(47)33(4,5)6)53-9-18-24(56-57)20(35)29(54-18)44-13-41-21-25(36)37-10-38-26(21)44/h10-13,16-20,23-24,29H,7-9,14-15H2,1-6H3,(H2,36,37,38)(H,39,40,45)/t16-,17-,18-,19-,20-,23+,24-,29-,57?,58?/m1/s1. The van der Waals surface area contributed by atoms with Crippen LogP contribution >= 0.6 is 36.4 Å². The molecule has 3 N–H and O–H groups in total. The first-order chi connectivity index (χ1) is 28.2. The van der Waals surface area contributed by atoms with Gasteiger partial charge in [0.15, 0.2) is 35.0 Å². The second kappa shape index (κ2) is 17.0. The third kappa shape index (κ3) is 9.14. The molecule has 1 aliphatic carbocycles. The molecule has 27 heteroatoms. The number of esters is 2. The smallest absolute Gasteiger partial charge is 0.392 e. The van der Waals surface area contributed by atoms with Gasteiger partial charge >= 0.3 is 25.5 Å². The number of aromatic amines is 1. The number of ether oxygens (including phenoxy) is 3. The second-order valence-corrected chi connectivity index (χ2v) is 24.1. The first-order valence-electron chi connectivity index (χ1n) is 18.4. The Balaban J connectivity index is 1.27. The van der Waals surface area contributed by atoms with Gasteiger partial charge in [-0.15, -0.1) is 0 Å². The summed E-state index contributed by atoms with van der Waals surface area (Å²) >= 11 is 0.852. The molecule has 3 fully saturated rings. The van der Waals surface area contributed by atoms with Gasteiger partial charge in [0.05, 0.1) is 49.1 Å². The molecule has 2 saturated heterocycles. The normalized spacial score (nSPS) is 31.6. The third-order valence-corrected chi connectivity index (χ3v) is 16.4. The van der Waals surface area contributed by atoms with E-state index in [-0.39, 0.29) is 34.6 Å². The SMILES string of the molecule is CC(C)(C)C(=O)OCSP1(=O)OC[C@H]2O[C@@H](n3cnc4c(N)ncnc43)[C@H](F)[C@@H]2OP(=O)(SCOC(=O)C(C)(C)C)OC[C@H]2C[C@@H](n3cnc4c(=O)[nH]cnc43)[C@H](O1)[C@@H]2F. The highest BCUT2D eigenvalue weighted by atomic mass is 32.7. The number of nitrogens with one attached hydrogen (secondary N) is 1. The zero-order valence-electron chi connectivity index (χ0n) is 33.0. The van der Waals surface area contributed by atoms with Crippen LogP contribution in [0.1, 0.15) is 60.2 Å². The van der Waals surface area contributed by atoms with Gasteiger partial charge in [0.1, 0.15) is 48.2 Å². The number of halogens is 2. The number of aromatic nitrogens is 8. The number of carbonyl (C=O) groups excluding carboxylic acids is 2. The Hall–Kier alpha value is -3.54. The van der Waals surface area contributed by atoms with Crippen molar-refractivity contribution in [3.05, 3.63) is 35.7 Å². The summed E-state index contributed by atoms with van der Waals surface area (Å²) in [6.07, 6.45) is -6.12. The molecule has 0 radical (unpaired) electrons. The van der Waals surface area contributed by atoms with E-state index >= 15 is 8.78 Å². The number of nitrogen functional groups attached to an aromatic ring is 1. The van der Waals surface area contributed by atoms with Gasteiger partial charge in [-0.2, -0.15) is 0 Å². The van der Waals surface area contributed by atoms with E-state index in [0.717, 1.165) is 12.7 Å². The van der Waals surface area contributed by atoms with Crippen LogP contribution in [0.2, 0.25) is 0 Å². The zero-order valence-corrected chi connectivity index (χ0v) is 36.5. The Morgan fingerprint density at radius 3 is 2.08 bits per heavy atom. The molecular weight excluding hydrogens is 878 g/mol. The average molecular weight is 922 g/mol. The maximum absolute atomic E-state index is 16.9. The van der Waals surface area contributed by atoms with Crippen molar-refractivity contribution in [2.45, 2.75) is 90.9 Å². The molecule has 2 unspecified atom stereocenters. The van der Waals surface area contributed by atoms with Crippen LogP contribution in [0.3, 0.4) is 0 Å². The molecule has 6 heterocycles. The number of H-pyrrole nitrogens is 1. The Bertz CT molecular complexity index is 2410. The van der Waals surface area contributed by atoms with Crippen molar-refractivity contribution in [3.8, 4) is 0 Å². The molecule has 328 valence electrons. The van der Waals surface area contributed by atoms with Gasteiger partial charge in [-0.1, -0.05) is 0 Å². The lowest BCUT2D eigenvalue weighted by Gasteiger charge is -2.28. The molecule has 60 heavy (non-hydrogen) atoms. The lowest BCUT2D eigenvalue weighted by molar-refractivity contribution is -0.151. The van der Waals surface area contributed by atoms with Gasteiger partial charge in [-0.25, -0.2) is 42.8 Å². The van der Waals surface area contributed by atoms with Gasteiger partial charge in [0, 0.05) is 28.7 Å². The highest BCUT2D eigenvalue weighted by Gasteiger charge is 2.55. The predicted molar refractivity (Wildman–Crippen MR) is 212 cm³/mol. The molecule has 7 rings (SSSR count). The number of carbonyl (C=O) groups is 2. The van der Waals surface area contributed by atoms with E-state index in [4.69, 9.17) is 38.0 Å². The maximum Gasteiger partial charge on any atom is 0.392 e. The number of imidazole rings is 2. The first-order valence-corrected chi connectivity index (χ1v) is 24.7. The lowest BCUT2D eigenvalue weighted by Crippen LogP contribution is -2.34. The minimum absolute atomic E-state index is 0.000970.